The van der Waals surface area contributed by atoms with Gasteiger partial charge in [-0.05, 0) is 84.6 Å². The predicted octanol–water partition coefficient (Wildman–Crippen LogP) is 6.22. The number of carbonyl (C=O) groups excluding carboxylic acids is 1. The van der Waals surface area contributed by atoms with Crippen molar-refractivity contribution in [2.45, 2.75) is 25.2 Å². The van der Waals surface area contributed by atoms with Gasteiger partial charge in [0.25, 0.3) is 15.9 Å². The Labute approximate surface area is 223 Å². The zero-order valence-electron chi connectivity index (χ0n) is 21.2. The van der Waals surface area contributed by atoms with Gasteiger partial charge in [0.2, 0.25) is 0 Å². The number of rotatable bonds is 11. The molecule has 9 heteroatoms. The zero-order valence-corrected chi connectivity index (χ0v) is 22.8. The van der Waals surface area contributed by atoms with Crippen LogP contribution in [0.3, 0.4) is 0 Å². The zero-order chi connectivity index (χ0) is 27.0. The Kier molecular flexibility index (Phi) is 9.60. The first-order chi connectivity index (χ1) is 17.6. The van der Waals surface area contributed by atoms with E-state index in [-0.39, 0.29) is 10.6 Å². The van der Waals surface area contributed by atoms with E-state index < -0.39 is 15.9 Å². The maximum Gasteiger partial charge on any atom is 0.271 e. The summed E-state index contributed by atoms with van der Waals surface area (Å²) in [5, 5.41) is 0.381. The third-order valence-corrected chi connectivity index (χ3v) is 7.41. The van der Waals surface area contributed by atoms with Crippen molar-refractivity contribution in [2.75, 3.05) is 25.1 Å². The van der Waals surface area contributed by atoms with Crippen molar-refractivity contribution in [1.29, 1.82) is 0 Å². The molecule has 0 aromatic heterocycles. The number of methoxy groups -OCH3 is 2. The lowest BCUT2D eigenvalue weighted by Gasteiger charge is -2.21. The maximum absolute atomic E-state index is 13.5. The van der Waals surface area contributed by atoms with Crippen LogP contribution in [0.1, 0.15) is 25.8 Å². The van der Waals surface area contributed by atoms with Gasteiger partial charge in [0, 0.05) is 11.1 Å². The number of sulfonamides is 1. The smallest absolute Gasteiger partial charge is 0.271 e. The molecule has 3 aromatic rings. The quantitative estimate of drug-likeness (QED) is 0.267. The van der Waals surface area contributed by atoms with Crippen LogP contribution in [-0.2, 0) is 14.8 Å². The largest absolute Gasteiger partial charge is 0.497 e. The van der Waals surface area contributed by atoms with Gasteiger partial charge in [0.05, 0.1) is 31.4 Å². The Hall–Kier alpha value is -3.49. The molecule has 0 heterocycles. The molecule has 3 rings (SSSR count). The Morgan fingerprint density at radius 1 is 0.946 bits per heavy atom. The Balaban J connectivity index is 1.92. The van der Waals surface area contributed by atoms with Crippen LogP contribution >= 0.6 is 11.6 Å². The summed E-state index contributed by atoms with van der Waals surface area (Å²) in [5.74, 6) is 1.39. The number of ether oxygens (including phenoxy) is 3. The summed E-state index contributed by atoms with van der Waals surface area (Å²) < 4.78 is 44.2. The van der Waals surface area contributed by atoms with Crippen LogP contribution in [0.15, 0.2) is 77.7 Å². The monoisotopic (exact) mass is 543 g/mol. The summed E-state index contributed by atoms with van der Waals surface area (Å²) >= 11 is 5.93. The number of amides is 1. The normalized spacial score (nSPS) is 11.5. The van der Waals surface area contributed by atoms with Gasteiger partial charge in [-0.25, -0.2) is 8.42 Å². The number of nitrogens with zero attached hydrogens (tertiary/aromatic N) is 1. The molecule has 0 aliphatic carbocycles. The summed E-state index contributed by atoms with van der Waals surface area (Å²) in [6, 6.07) is 17.0. The lowest BCUT2D eigenvalue weighted by atomic mass is 10.1. The lowest BCUT2D eigenvalue weighted by Crippen LogP contribution is -2.35. The van der Waals surface area contributed by atoms with Crippen LogP contribution in [0.2, 0.25) is 5.02 Å². The predicted molar refractivity (Wildman–Crippen MR) is 146 cm³/mol. The van der Waals surface area contributed by atoms with E-state index in [2.05, 4.69) is 13.8 Å². The third kappa shape index (κ3) is 7.27. The second-order valence-electron chi connectivity index (χ2n) is 8.53. The standard InChI is InChI=1S/C28H30ClNO6S/c1-20(2)17-18-36-26-15-5-21(19-27(26)35-4)6-16-28(31)30(23-9-11-24(34-3)12-10-23)37(32,33)25-13-7-22(29)8-14-25/h5-16,19-20H,17-18H2,1-4H3/b16-6+. The van der Waals surface area contributed by atoms with Crippen molar-refractivity contribution in [3.8, 4) is 17.2 Å². The first-order valence-corrected chi connectivity index (χ1v) is 13.5. The molecule has 0 fully saturated rings. The fourth-order valence-corrected chi connectivity index (χ4v) is 4.87. The molecule has 0 N–H and O–H groups in total. The number of halogens is 1. The topological polar surface area (TPSA) is 82.1 Å². The highest BCUT2D eigenvalue weighted by atomic mass is 35.5. The SMILES string of the molecule is COc1ccc(N(C(=O)/C=C/c2ccc(OCCC(C)C)c(OC)c2)S(=O)(=O)c2ccc(Cl)cc2)cc1. The van der Waals surface area contributed by atoms with Crippen molar-refractivity contribution in [1.82, 2.24) is 0 Å². The molecular formula is C28H30ClNO6S. The highest BCUT2D eigenvalue weighted by Crippen LogP contribution is 2.30. The number of anilines is 1. The van der Waals surface area contributed by atoms with Gasteiger partial charge >= 0.3 is 0 Å². The van der Waals surface area contributed by atoms with Crippen LogP contribution in [-0.4, -0.2) is 35.2 Å². The highest BCUT2D eigenvalue weighted by Gasteiger charge is 2.30. The highest BCUT2D eigenvalue weighted by molar-refractivity contribution is 7.93. The summed E-state index contributed by atoms with van der Waals surface area (Å²) in [6.45, 7) is 4.79. The summed E-state index contributed by atoms with van der Waals surface area (Å²) in [7, 11) is -1.21. The first-order valence-electron chi connectivity index (χ1n) is 11.6. The van der Waals surface area contributed by atoms with Gasteiger partial charge in [0.15, 0.2) is 11.5 Å². The minimum atomic E-state index is -4.24. The number of hydrogen-bond donors (Lipinski definition) is 0. The minimum Gasteiger partial charge on any atom is -0.497 e. The van der Waals surface area contributed by atoms with Gasteiger partial charge in [0.1, 0.15) is 5.75 Å². The Morgan fingerprint density at radius 3 is 2.22 bits per heavy atom. The fraction of sp³-hybridized carbons (Fsp3) is 0.250. The van der Waals surface area contributed by atoms with E-state index in [0.717, 1.165) is 10.7 Å². The number of hydrogen-bond acceptors (Lipinski definition) is 6. The van der Waals surface area contributed by atoms with E-state index in [1.807, 2.05) is 0 Å². The molecular weight excluding hydrogens is 514 g/mol. The molecule has 0 aliphatic rings. The van der Waals surface area contributed by atoms with E-state index in [0.29, 0.717) is 40.4 Å². The van der Waals surface area contributed by atoms with E-state index in [4.69, 9.17) is 25.8 Å². The van der Waals surface area contributed by atoms with Crippen LogP contribution in [0, 0.1) is 5.92 Å². The first kappa shape index (κ1) is 28.1. The van der Waals surface area contributed by atoms with Crippen molar-refractivity contribution in [3.63, 3.8) is 0 Å². The minimum absolute atomic E-state index is 0.0703. The molecule has 7 nitrogen and oxygen atoms in total. The maximum atomic E-state index is 13.5. The summed E-state index contributed by atoms with van der Waals surface area (Å²) in [5.41, 5.74) is 0.803. The second-order valence-corrected chi connectivity index (χ2v) is 10.8. The molecule has 1 amide bonds. The molecule has 0 unspecified atom stereocenters. The molecule has 196 valence electrons. The number of benzene rings is 3. The van der Waals surface area contributed by atoms with Crippen LogP contribution in [0.25, 0.3) is 6.08 Å². The van der Waals surface area contributed by atoms with Crippen molar-refractivity contribution in [2.24, 2.45) is 5.92 Å². The Morgan fingerprint density at radius 2 is 1.62 bits per heavy atom. The van der Waals surface area contributed by atoms with Gasteiger partial charge in [-0.2, -0.15) is 4.31 Å². The molecule has 0 atom stereocenters. The second kappa shape index (κ2) is 12.7. The van der Waals surface area contributed by atoms with Crippen molar-refractivity contribution in [3.05, 3.63) is 83.4 Å². The van der Waals surface area contributed by atoms with E-state index in [1.54, 1.807) is 30.3 Å². The van der Waals surface area contributed by atoms with Crippen LogP contribution in [0.5, 0.6) is 17.2 Å². The third-order valence-electron chi connectivity index (χ3n) is 5.42. The molecule has 0 saturated carbocycles. The average molecular weight is 544 g/mol. The fourth-order valence-electron chi connectivity index (χ4n) is 3.36. The summed E-state index contributed by atoms with van der Waals surface area (Å²) in [4.78, 5) is 13.3. The lowest BCUT2D eigenvalue weighted by molar-refractivity contribution is -0.113. The molecule has 0 spiro atoms. The van der Waals surface area contributed by atoms with Gasteiger partial charge in [-0.1, -0.05) is 31.5 Å². The number of carbonyl (C=O) groups is 1. The van der Waals surface area contributed by atoms with E-state index in [1.165, 1.54) is 62.8 Å². The molecule has 0 radical (unpaired) electrons. The van der Waals surface area contributed by atoms with E-state index >= 15 is 0 Å². The van der Waals surface area contributed by atoms with Gasteiger partial charge in [-0.15, -0.1) is 0 Å². The molecule has 0 aliphatic heterocycles. The Bertz CT molecular complexity index is 1340. The average Bonchev–Trinajstić information content (AvgIpc) is 2.88. The molecule has 0 bridgehead atoms. The molecule has 0 saturated heterocycles. The van der Waals surface area contributed by atoms with Gasteiger partial charge < -0.3 is 14.2 Å². The van der Waals surface area contributed by atoms with Crippen molar-refractivity contribution >= 4 is 39.3 Å². The van der Waals surface area contributed by atoms with Crippen LogP contribution in [0.4, 0.5) is 5.69 Å². The molecule has 37 heavy (non-hydrogen) atoms. The molecule has 3 aromatic carbocycles. The van der Waals surface area contributed by atoms with Crippen LogP contribution < -0.4 is 18.5 Å². The summed E-state index contributed by atoms with van der Waals surface area (Å²) in [6.07, 6.45) is 3.63. The van der Waals surface area contributed by atoms with E-state index in [9.17, 15) is 13.2 Å². The van der Waals surface area contributed by atoms with Gasteiger partial charge in [-0.3, -0.25) is 4.79 Å². The van der Waals surface area contributed by atoms with Crippen molar-refractivity contribution < 1.29 is 27.4 Å².